The maximum atomic E-state index is 13.4. The molecule has 0 radical (unpaired) electrons. The SMILES string of the molecule is COc1ccccc1NCc1c(-c2ccc(OC(=O)N(CCN(C)C)C(C)C)cc2OC)ccc2c1N(C)C(=O)C(C)(C)N2. The molecule has 0 aliphatic carbocycles. The first kappa shape index (κ1) is 32.5. The summed E-state index contributed by atoms with van der Waals surface area (Å²) in [5.41, 5.74) is 4.27. The number of anilines is 3. The molecule has 0 spiro atoms. The van der Waals surface area contributed by atoms with E-state index in [0.29, 0.717) is 30.3 Å². The van der Waals surface area contributed by atoms with Crippen molar-refractivity contribution in [1.29, 1.82) is 0 Å². The van der Waals surface area contributed by atoms with E-state index in [1.807, 2.05) is 89.2 Å². The number of ether oxygens (including phenoxy) is 3. The Morgan fingerprint density at radius 1 is 0.977 bits per heavy atom. The zero-order valence-corrected chi connectivity index (χ0v) is 27.3. The van der Waals surface area contributed by atoms with Gasteiger partial charge in [0.15, 0.2) is 0 Å². The predicted molar refractivity (Wildman–Crippen MR) is 176 cm³/mol. The molecular weight excluding hydrogens is 558 g/mol. The number of amides is 2. The van der Waals surface area contributed by atoms with Crippen LogP contribution in [0.2, 0.25) is 0 Å². The Morgan fingerprint density at radius 3 is 2.32 bits per heavy atom. The number of rotatable bonds is 11. The van der Waals surface area contributed by atoms with Crippen LogP contribution in [0.25, 0.3) is 11.1 Å². The maximum Gasteiger partial charge on any atom is 0.415 e. The van der Waals surface area contributed by atoms with Crippen LogP contribution in [0.4, 0.5) is 21.9 Å². The number of hydrogen-bond donors (Lipinski definition) is 2. The first-order valence-corrected chi connectivity index (χ1v) is 14.8. The lowest BCUT2D eigenvalue weighted by Gasteiger charge is -2.40. The Morgan fingerprint density at radius 2 is 1.66 bits per heavy atom. The third kappa shape index (κ3) is 6.86. The highest BCUT2D eigenvalue weighted by Crippen LogP contribution is 2.45. The van der Waals surface area contributed by atoms with E-state index in [-0.39, 0.29) is 11.9 Å². The second-order valence-corrected chi connectivity index (χ2v) is 12.0. The minimum absolute atomic E-state index is 0.0179. The number of nitrogens with one attached hydrogen (secondary N) is 2. The van der Waals surface area contributed by atoms with Crippen LogP contribution in [-0.2, 0) is 11.3 Å². The molecule has 1 aliphatic heterocycles. The Labute approximate surface area is 260 Å². The number of likely N-dealkylation sites (N-methyl/N-ethyl adjacent to an activating group) is 2. The van der Waals surface area contributed by atoms with Crippen molar-refractivity contribution in [2.45, 2.75) is 45.8 Å². The lowest BCUT2D eigenvalue weighted by atomic mass is 9.91. The molecule has 10 nitrogen and oxygen atoms in total. The number of carbonyl (C=O) groups excluding carboxylic acids is 2. The first-order valence-electron chi connectivity index (χ1n) is 14.8. The molecule has 0 aromatic heterocycles. The van der Waals surface area contributed by atoms with E-state index in [4.69, 9.17) is 14.2 Å². The van der Waals surface area contributed by atoms with Crippen LogP contribution in [0, 0.1) is 0 Å². The van der Waals surface area contributed by atoms with E-state index in [1.165, 1.54) is 0 Å². The zero-order chi connectivity index (χ0) is 32.2. The summed E-state index contributed by atoms with van der Waals surface area (Å²) in [5, 5.41) is 6.92. The van der Waals surface area contributed by atoms with Crippen LogP contribution in [0.3, 0.4) is 0 Å². The number of carbonyl (C=O) groups is 2. The molecule has 0 unspecified atom stereocenters. The van der Waals surface area contributed by atoms with Gasteiger partial charge in [-0.25, -0.2) is 4.79 Å². The molecule has 10 heteroatoms. The summed E-state index contributed by atoms with van der Waals surface area (Å²) in [6.07, 6.45) is -0.416. The second kappa shape index (κ2) is 13.5. The van der Waals surface area contributed by atoms with Gasteiger partial charge in [0.25, 0.3) is 5.91 Å². The molecule has 3 aromatic rings. The lowest BCUT2D eigenvalue weighted by Crippen LogP contribution is -2.52. The third-order valence-electron chi connectivity index (χ3n) is 7.78. The number of hydrogen-bond acceptors (Lipinski definition) is 8. The summed E-state index contributed by atoms with van der Waals surface area (Å²) in [5.74, 6) is 1.59. The van der Waals surface area contributed by atoms with Crippen LogP contribution >= 0.6 is 0 Å². The van der Waals surface area contributed by atoms with Crippen molar-refractivity contribution in [1.82, 2.24) is 9.80 Å². The summed E-state index contributed by atoms with van der Waals surface area (Å²) >= 11 is 0. The molecule has 0 saturated carbocycles. The molecule has 44 heavy (non-hydrogen) atoms. The summed E-state index contributed by atoms with van der Waals surface area (Å²) in [6.45, 7) is 9.35. The average Bonchev–Trinajstić information content (AvgIpc) is 2.98. The van der Waals surface area contributed by atoms with Crippen molar-refractivity contribution in [2.24, 2.45) is 0 Å². The Hall–Kier alpha value is -4.44. The number of methoxy groups -OCH3 is 2. The van der Waals surface area contributed by atoms with Crippen molar-refractivity contribution < 1.29 is 23.8 Å². The van der Waals surface area contributed by atoms with Crippen molar-refractivity contribution in [2.75, 3.05) is 64.0 Å². The van der Waals surface area contributed by atoms with Crippen molar-refractivity contribution in [3.63, 3.8) is 0 Å². The minimum atomic E-state index is -0.754. The van der Waals surface area contributed by atoms with Gasteiger partial charge in [-0.3, -0.25) is 4.79 Å². The van der Waals surface area contributed by atoms with E-state index in [9.17, 15) is 9.59 Å². The van der Waals surface area contributed by atoms with Crippen LogP contribution in [0.1, 0.15) is 33.3 Å². The number of nitrogens with zero attached hydrogens (tertiary/aromatic N) is 3. The van der Waals surface area contributed by atoms with Gasteiger partial charge in [0.05, 0.1) is 31.3 Å². The van der Waals surface area contributed by atoms with Gasteiger partial charge in [-0.05, 0) is 77.7 Å². The fraction of sp³-hybridized carbons (Fsp3) is 0.412. The van der Waals surface area contributed by atoms with Crippen molar-refractivity contribution in [3.05, 3.63) is 60.2 Å². The summed E-state index contributed by atoms with van der Waals surface area (Å²) < 4.78 is 17.2. The van der Waals surface area contributed by atoms with Crippen LogP contribution < -0.4 is 29.7 Å². The molecular formula is C34H45N5O5. The monoisotopic (exact) mass is 603 g/mol. The Kier molecular flexibility index (Phi) is 9.94. The highest BCUT2D eigenvalue weighted by molar-refractivity contribution is 6.09. The maximum absolute atomic E-state index is 13.4. The van der Waals surface area contributed by atoms with Gasteiger partial charge >= 0.3 is 6.09 Å². The summed E-state index contributed by atoms with van der Waals surface area (Å²) in [7, 11) is 8.97. The van der Waals surface area contributed by atoms with Crippen LogP contribution in [-0.4, -0.2) is 81.8 Å². The van der Waals surface area contributed by atoms with E-state index >= 15 is 0 Å². The molecule has 3 aromatic carbocycles. The standard InChI is InChI=1S/C34H45N5O5/c1-22(2)39(19-18-37(5)6)33(41)44-23-14-15-25(30(20-23)43-9)24-16-17-28-31(38(7)32(40)34(3,4)36-28)26(24)21-35-27-12-10-11-13-29(27)42-8/h10-17,20,22,35-36H,18-19,21H2,1-9H3. The summed E-state index contributed by atoms with van der Waals surface area (Å²) in [4.78, 5) is 31.9. The molecule has 2 N–H and O–H groups in total. The molecule has 0 atom stereocenters. The number of benzene rings is 3. The van der Waals surface area contributed by atoms with Crippen molar-refractivity contribution >= 4 is 29.1 Å². The van der Waals surface area contributed by atoms with Crippen molar-refractivity contribution in [3.8, 4) is 28.4 Å². The average molecular weight is 604 g/mol. The normalized spacial score (nSPS) is 13.8. The highest BCUT2D eigenvalue weighted by atomic mass is 16.6. The fourth-order valence-corrected chi connectivity index (χ4v) is 5.42. The van der Waals surface area contributed by atoms with Gasteiger partial charge in [-0.15, -0.1) is 0 Å². The van der Waals surface area contributed by atoms with Gasteiger partial charge in [0, 0.05) is 49.9 Å². The number of fused-ring (bicyclic) bond motifs is 1. The fourth-order valence-electron chi connectivity index (χ4n) is 5.42. The quantitative estimate of drug-likeness (QED) is 0.279. The molecule has 236 valence electrons. The van der Waals surface area contributed by atoms with Gasteiger partial charge in [0.2, 0.25) is 0 Å². The molecule has 1 aliphatic rings. The minimum Gasteiger partial charge on any atom is -0.496 e. The highest BCUT2D eigenvalue weighted by Gasteiger charge is 2.38. The largest absolute Gasteiger partial charge is 0.496 e. The first-order chi connectivity index (χ1) is 20.9. The van der Waals surface area contributed by atoms with Gasteiger partial charge in [-0.1, -0.05) is 18.2 Å². The van der Waals surface area contributed by atoms with E-state index in [1.54, 1.807) is 43.2 Å². The van der Waals surface area contributed by atoms with E-state index in [2.05, 4.69) is 10.6 Å². The molecule has 4 rings (SSSR count). The molecule has 0 saturated heterocycles. The smallest absolute Gasteiger partial charge is 0.415 e. The summed E-state index contributed by atoms with van der Waals surface area (Å²) in [6, 6.07) is 17.1. The molecule has 1 heterocycles. The van der Waals surface area contributed by atoms with E-state index in [0.717, 1.165) is 40.3 Å². The Balaban J connectivity index is 1.75. The van der Waals surface area contributed by atoms with E-state index < -0.39 is 11.6 Å². The lowest BCUT2D eigenvalue weighted by molar-refractivity contribution is -0.121. The zero-order valence-electron chi connectivity index (χ0n) is 27.3. The van der Waals surface area contributed by atoms with Gasteiger partial charge in [-0.2, -0.15) is 0 Å². The molecule has 0 fully saturated rings. The topological polar surface area (TPSA) is 95.6 Å². The van der Waals surface area contributed by atoms with Crippen LogP contribution in [0.5, 0.6) is 17.2 Å². The number of para-hydroxylation sites is 2. The molecule has 2 amide bonds. The van der Waals surface area contributed by atoms with Crippen LogP contribution in [0.15, 0.2) is 54.6 Å². The predicted octanol–water partition coefficient (Wildman–Crippen LogP) is 5.92. The Bertz CT molecular complexity index is 1500. The molecule has 0 bridgehead atoms. The van der Waals surface area contributed by atoms with Gasteiger partial charge in [0.1, 0.15) is 22.8 Å². The van der Waals surface area contributed by atoms with Gasteiger partial charge < -0.3 is 39.5 Å². The third-order valence-corrected chi connectivity index (χ3v) is 7.78. The second-order valence-electron chi connectivity index (χ2n) is 12.0.